The summed E-state index contributed by atoms with van der Waals surface area (Å²) in [7, 11) is -4.72. The number of nitrogens with zero attached hydrogens (tertiary/aromatic N) is 2. The summed E-state index contributed by atoms with van der Waals surface area (Å²) in [5.41, 5.74) is 1.33. The largest absolute Gasteiger partial charge is 0.542 e. The number of fused-ring (bicyclic) bond motifs is 3. The summed E-state index contributed by atoms with van der Waals surface area (Å²) in [6.07, 6.45) is 29.6. The van der Waals surface area contributed by atoms with Crippen LogP contribution in [0.15, 0.2) is 12.1 Å². The number of hydrogen-bond donors (Lipinski definition) is 0. The van der Waals surface area contributed by atoms with Crippen LogP contribution in [0.5, 0.6) is 11.5 Å². The van der Waals surface area contributed by atoms with Crippen LogP contribution in [-0.2, 0) is 0 Å². The molecule has 0 aliphatic heterocycles. The van der Waals surface area contributed by atoms with Gasteiger partial charge >= 0.3 is 0 Å². The maximum Gasteiger partial charge on any atom is 0.251 e. The minimum atomic E-state index is -2.36. The number of aromatic nitrogens is 2. The third-order valence-electron chi connectivity index (χ3n) is 14.1. The minimum Gasteiger partial charge on any atom is -0.542 e. The highest BCUT2D eigenvalue weighted by Crippen LogP contribution is 2.54. The number of aryl methyl sites for hydroxylation is 2. The predicted molar refractivity (Wildman–Crippen MR) is 289 cm³/mol. The Hall–Kier alpha value is -1.93. The second-order valence-corrected chi connectivity index (χ2v) is 30.6. The molecule has 4 nitrogen and oxygen atoms in total. The first-order valence-corrected chi connectivity index (χ1v) is 34.0. The van der Waals surface area contributed by atoms with Gasteiger partial charge in [-0.3, -0.25) is 0 Å². The molecular weight excluding hydrogens is 899 g/mol. The zero-order valence-electron chi connectivity index (χ0n) is 42.1. The third-order valence-corrected chi connectivity index (χ3v) is 25.7. The van der Waals surface area contributed by atoms with Gasteiger partial charge in [0.15, 0.2) is 11.6 Å². The standard InChI is InChI=1S/C54H86F2N2O2S3Si2/c1-9-15-21-27-33-64(34-28-22-16-10-2,35-29-23-17-11-3)59-51-43-39-41(7)61-53(43)52(60-65(36-30-24-18-12-4,37-31-25-19-13-5)38-32-26-20-14-6)44-40-45(62-54(44)51)46-48(56)47(55)42(8)49-50(46)58-63-57-49/h39-40H,9-38H2,1-8H3. The van der Waals surface area contributed by atoms with Gasteiger partial charge in [-0.1, -0.05) is 196 Å². The fourth-order valence-electron chi connectivity index (χ4n) is 10.2. The zero-order chi connectivity index (χ0) is 46.7. The average Bonchev–Trinajstić information content (AvgIpc) is 4.07. The number of hydrogen-bond acceptors (Lipinski definition) is 7. The SMILES string of the molecule is CCCCCC[Si](CCCCCC)(CCCCCC)Oc1c2cc(-c3c(F)c(F)c(C)c4nsnc34)sc2c(O[Si](CCCCCC)(CCCCCC)CCCCCC)c2cc(C)sc12. The molecule has 0 amide bonds. The lowest BCUT2D eigenvalue weighted by atomic mass is 10.1. The third kappa shape index (κ3) is 14.6. The van der Waals surface area contributed by atoms with Gasteiger partial charge in [-0.2, -0.15) is 8.75 Å². The quantitative estimate of drug-likeness (QED) is 0.0300. The van der Waals surface area contributed by atoms with Gasteiger partial charge in [-0.25, -0.2) is 8.78 Å². The summed E-state index contributed by atoms with van der Waals surface area (Å²) in [6.45, 7) is 17.7. The first-order valence-electron chi connectivity index (χ1n) is 26.6. The summed E-state index contributed by atoms with van der Waals surface area (Å²) in [5, 5.41) is 2.18. The molecule has 65 heavy (non-hydrogen) atoms. The Kier molecular flexibility index (Phi) is 23.2. The van der Waals surface area contributed by atoms with Crippen LogP contribution in [0.4, 0.5) is 8.78 Å². The van der Waals surface area contributed by atoms with Crippen LogP contribution in [0.25, 0.3) is 41.6 Å². The Bertz CT molecular complexity index is 2000. The molecule has 0 fully saturated rings. The normalized spacial score (nSPS) is 12.5. The fourth-order valence-corrected chi connectivity index (χ4v) is 21.9. The van der Waals surface area contributed by atoms with Crippen molar-refractivity contribution in [3.8, 4) is 21.9 Å². The van der Waals surface area contributed by atoms with Crippen LogP contribution in [0, 0.1) is 25.5 Å². The second-order valence-electron chi connectivity index (χ2n) is 19.6. The monoisotopic (exact) mass is 985 g/mol. The van der Waals surface area contributed by atoms with E-state index in [-0.39, 0.29) is 11.1 Å². The van der Waals surface area contributed by atoms with Crippen molar-refractivity contribution in [2.45, 2.75) is 246 Å². The highest BCUT2D eigenvalue weighted by atomic mass is 32.1. The Labute approximate surface area is 408 Å². The molecule has 0 aliphatic carbocycles. The van der Waals surface area contributed by atoms with E-state index in [1.54, 1.807) is 18.3 Å². The molecule has 11 heteroatoms. The Balaban J connectivity index is 1.80. The van der Waals surface area contributed by atoms with Crippen molar-refractivity contribution in [2.24, 2.45) is 0 Å². The number of halogens is 2. The van der Waals surface area contributed by atoms with Crippen molar-refractivity contribution in [1.82, 2.24) is 8.75 Å². The average molecular weight is 986 g/mol. The van der Waals surface area contributed by atoms with Crippen LogP contribution in [0.2, 0.25) is 36.3 Å². The zero-order valence-corrected chi connectivity index (χ0v) is 46.5. The first-order chi connectivity index (χ1) is 31.6. The topological polar surface area (TPSA) is 44.2 Å². The lowest BCUT2D eigenvalue weighted by Crippen LogP contribution is -2.42. The lowest BCUT2D eigenvalue weighted by molar-refractivity contribution is 0.505. The van der Waals surface area contributed by atoms with E-state index in [2.05, 4.69) is 69.3 Å². The van der Waals surface area contributed by atoms with E-state index < -0.39 is 28.3 Å². The van der Waals surface area contributed by atoms with Gasteiger partial charge < -0.3 is 8.85 Å². The Morgan fingerprint density at radius 2 is 0.831 bits per heavy atom. The smallest absolute Gasteiger partial charge is 0.251 e. The molecule has 3 heterocycles. The van der Waals surface area contributed by atoms with Crippen LogP contribution in [0.1, 0.15) is 206 Å². The maximum atomic E-state index is 16.6. The first kappa shape index (κ1) is 54.0. The lowest BCUT2D eigenvalue weighted by Gasteiger charge is -2.35. The fraction of sp³-hybridized carbons (Fsp3) is 0.704. The van der Waals surface area contributed by atoms with Crippen LogP contribution < -0.4 is 8.85 Å². The van der Waals surface area contributed by atoms with Gasteiger partial charge in [0.25, 0.3) is 16.6 Å². The molecule has 0 radical (unpaired) electrons. The van der Waals surface area contributed by atoms with E-state index in [1.807, 2.05) is 11.3 Å². The molecule has 5 rings (SSSR count). The molecule has 3 aromatic heterocycles. The van der Waals surface area contributed by atoms with Crippen molar-refractivity contribution < 1.29 is 17.6 Å². The van der Waals surface area contributed by atoms with Gasteiger partial charge in [0.1, 0.15) is 22.5 Å². The minimum absolute atomic E-state index is 0.218. The van der Waals surface area contributed by atoms with Crippen LogP contribution in [-0.4, -0.2) is 25.4 Å². The predicted octanol–water partition coefficient (Wildman–Crippen LogP) is 20.8. The summed E-state index contributed by atoms with van der Waals surface area (Å²) in [5.74, 6) is 0.294. The molecule has 364 valence electrons. The molecular formula is C54H86F2N2O2S3Si2. The van der Waals surface area contributed by atoms with Crippen LogP contribution in [0.3, 0.4) is 0 Å². The van der Waals surface area contributed by atoms with Gasteiger partial charge in [-0.05, 0) is 62.2 Å². The van der Waals surface area contributed by atoms with E-state index in [4.69, 9.17) is 8.85 Å². The van der Waals surface area contributed by atoms with Gasteiger partial charge in [0.2, 0.25) is 0 Å². The maximum absolute atomic E-state index is 16.6. The molecule has 2 aromatic carbocycles. The van der Waals surface area contributed by atoms with E-state index in [0.29, 0.717) is 15.9 Å². The van der Waals surface area contributed by atoms with Crippen molar-refractivity contribution in [3.63, 3.8) is 0 Å². The van der Waals surface area contributed by atoms with Crippen molar-refractivity contribution in [2.75, 3.05) is 0 Å². The number of unbranched alkanes of at least 4 members (excludes halogenated alkanes) is 18. The molecule has 0 aliphatic rings. The summed E-state index contributed by atoms with van der Waals surface area (Å²) in [6, 6.07) is 11.5. The molecule has 5 aromatic rings. The number of rotatable bonds is 35. The van der Waals surface area contributed by atoms with Crippen LogP contribution >= 0.6 is 34.4 Å². The van der Waals surface area contributed by atoms with E-state index in [0.717, 1.165) is 38.7 Å². The Morgan fingerprint density at radius 1 is 0.462 bits per heavy atom. The number of benzene rings is 2. The van der Waals surface area contributed by atoms with Gasteiger partial charge in [0, 0.05) is 26.1 Å². The Morgan fingerprint density at radius 3 is 1.23 bits per heavy atom. The summed E-state index contributed by atoms with van der Waals surface area (Å²) < 4.78 is 60.0. The number of thiophene rings is 2. The van der Waals surface area contributed by atoms with Gasteiger partial charge in [0.05, 0.1) is 26.7 Å². The highest BCUT2D eigenvalue weighted by Gasteiger charge is 2.40. The molecule has 0 bridgehead atoms. The molecule has 0 unspecified atom stereocenters. The van der Waals surface area contributed by atoms with Crippen molar-refractivity contribution >= 4 is 82.2 Å². The molecule has 0 saturated carbocycles. The molecule has 0 saturated heterocycles. The molecule has 0 atom stereocenters. The highest BCUT2D eigenvalue weighted by molar-refractivity contribution is 7.23. The van der Waals surface area contributed by atoms with E-state index in [9.17, 15) is 0 Å². The van der Waals surface area contributed by atoms with E-state index in [1.165, 1.54) is 200 Å². The van der Waals surface area contributed by atoms with Gasteiger partial charge in [-0.15, -0.1) is 22.7 Å². The second kappa shape index (κ2) is 27.9. The molecule has 0 N–H and O–H groups in total. The van der Waals surface area contributed by atoms with Crippen molar-refractivity contribution in [3.05, 3.63) is 34.2 Å². The molecule has 0 spiro atoms. The summed E-state index contributed by atoms with van der Waals surface area (Å²) >= 11 is 4.44. The van der Waals surface area contributed by atoms with Crippen molar-refractivity contribution in [1.29, 1.82) is 0 Å². The summed E-state index contributed by atoms with van der Waals surface area (Å²) in [4.78, 5) is 1.94. The van der Waals surface area contributed by atoms with E-state index >= 15 is 8.78 Å².